The number of ether oxygens (including phenoxy) is 1. The number of benzene rings is 5. The topological polar surface area (TPSA) is 217 Å². The van der Waals surface area contributed by atoms with Gasteiger partial charge in [-0.3, -0.25) is 19.6 Å². The predicted octanol–water partition coefficient (Wildman–Crippen LogP) is 18.1. The monoisotopic (exact) mass is 1250 g/mol. The molecule has 83 heavy (non-hydrogen) atoms. The van der Waals surface area contributed by atoms with Gasteiger partial charge in [0.25, 0.3) is 0 Å². The Labute approximate surface area is 515 Å². The first kappa shape index (κ1) is 89.3. The van der Waals surface area contributed by atoms with Gasteiger partial charge in [-0.1, -0.05) is 209 Å². The van der Waals surface area contributed by atoms with Crippen LogP contribution in [0.5, 0.6) is 17.2 Å². The molecular formula is C66H91BBrCl2N3O10. The molecule has 0 aliphatic heterocycles. The molecule has 3 heterocycles. The van der Waals surface area contributed by atoms with Crippen LogP contribution in [0.15, 0.2) is 211 Å². The number of carboxylic acids is 1. The molecule has 0 radical (unpaired) electrons. The molecular weight excluding hydrogens is 1160 g/mol. The van der Waals surface area contributed by atoms with Crippen molar-refractivity contribution in [3.63, 3.8) is 0 Å². The summed E-state index contributed by atoms with van der Waals surface area (Å²) in [4.78, 5) is 53.4. The van der Waals surface area contributed by atoms with Crippen LogP contribution in [0.1, 0.15) is 139 Å². The Kier molecular flexibility index (Phi) is 70.2. The Morgan fingerprint density at radius 2 is 0.795 bits per heavy atom. The number of hydrogen-bond donors (Lipinski definition) is 5. The van der Waals surface area contributed by atoms with Gasteiger partial charge < -0.3 is 30.1 Å². The lowest BCUT2D eigenvalue weighted by Crippen LogP contribution is -2.29. The van der Waals surface area contributed by atoms with E-state index >= 15 is 0 Å². The molecule has 0 aliphatic rings. The van der Waals surface area contributed by atoms with Crippen molar-refractivity contribution in [2.45, 2.75) is 118 Å². The minimum atomic E-state index is -1.51. The molecule has 5 aromatic carbocycles. The molecule has 5 N–H and O–H groups in total. The van der Waals surface area contributed by atoms with Crippen molar-refractivity contribution in [3.8, 4) is 39.8 Å². The van der Waals surface area contributed by atoms with E-state index in [-0.39, 0.29) is 24.9 Å². The second kappa shape index (κ2) is 65.3. The van der Waals surface area contributed by atoms with Crippen molar-refractivity contribution >= 4 is 74.1 Å². The molecule has 8 rings (SSSR count). The van der Waals surface area contributed by atoms with Gasteiger partial charge in [0.05, 0.1) is 22.5 Å². The van der Waals surface area contributed by atoms with Crippen LogP contribution in [0.25, 0.3) is 22.5 Å². The average molecular weight is 1250 g/mol. The molecule has 0 amide bonds. The molecule has 0 bridgehead atoms. The van der Waals surface area contributed by atoms with Crippen LogP contribution in [0, 0.1) is 0 Å². The average Bonchev–Trinajstić information content (AvgIpc) is 3.57. The van der Waals surface area contributed by atoms with Crippen LogP contribution in [-0.4, -0.2) is 69.9 Å². The number of phenolic OH excluding ortho intramolecular Hbond substituents is 2. The Balaban J connectivity index is -0.000000165. The highest BCUT2D eigenvalue weighted by molar-refractivity contribution is 9.10. The van der Waals surface area contributed by atoms with E-state index in [0.29, 0.717) is 22.3 Å². The number of halogens is 3. The molecule has 0 spiro atoms. The van der Waals surface area contributed by atoms with Gasteiger partial charge in [-0.15, -0.1) is 0 Å². The highest BCUT2D eigenvalue weighted by Gasteiger charge is 2.10. The van der Waals surface area contributed by atoms with Gasteiger partial charge in [-0.05, 0) is 142 Å². The Hall–Kier alpha value is -7.53. The number of aromatic nitrogens is 3. The second-order valence-electron chi connectivity index (χ2n) is 12.6. The molecule has 17 heteroatoms. The molecule has 8 aromatic rings. The number of carboxylic acid groups (broad SMARTS) is 1. The van der Waals surface area contributed by atoms with Gasteiger partial charge >= 0.3 is 29.5 Å². The van der Waals surface area contributed by atoms with Crippen LogP contribution < -0.4 is 10.2 Å². The molecule has 13 nitrogen and oxygen atoms in total. The van der Waals surface area contributed by atoms with E-state index in [4.69, 9.17) is 25.0 Å². The summed E-state index contributed by atoms with van der Waals surface area (Å²) in [6.07, 6.45) is 5.21. The summed E-state index contributed by atoms with van der Waals surface area (Å²) in [5.41, 5.74) is 4.71. The predicted molar refractivity (Wildman–Crippen MR) is 355 cm³/mol. The maximum absolute atomic E-state index is 12.0. The number of pyridine rings is 3. The number of aromatic carboxylic acids is 1. The van der Waals surface area contributed by atoms with E-state index in [1.165, 1.54) is 18.2 Å². The van der Waals surface area contributed by atoms with Gasteiger partial charge in [-0.2, -0.15) is 0 Å². The second-order valence-corrected chi connectivity index (χ2v) is 14.1. The highest BCUT2D eigenvalue weighted by atomic mass is 79.9. The van der Waals surface area contributed by atoms with Gasteiger partial charge in [0.1, 0.15) is 21.9 Å². The van der Waals surface area contributed by atoms with Crippen LogP contribution in [0.2, 0.25) is 0 Å². The number of carbonyl (C=O) groups excluding carboxylic acids is 3. The Morgan fingerprint density at radius 1 is 0.434 bits per heavy atom. The Morgan fingerprint density at radius 3 is 1.10 bits per heavy atom. The third kappa shape index (κ3) is 47.8. The van der Waals surface area contributed by atoms with Gasteiger partial charge in [0.15, 0.2) is 0 Å². The standard InChI is InChI=1S/C18H13NO2.C11H9NO.C7H6O2.C6H7BO3.C5H4BrN.C2Cl2O2.8C2H6.CH4/c20-18(14-7-2-1-3-8-14)21-16-10-6-9-15(13-16)17-11-4-5-12-19-17;13-10-5-3-4-9(8-10)11-6-1-2-7-12-11;8-7(9)6-4-2-1-3-5-6;8-6-3-1-2-5(4-6)7(9)10;6-5-3-1-2-4-7-5;3-1(5)2(4)6;8*1-2;/h1-13H;1-8,13H;1-5H,(H,8,9);1-4,8-10H;1-4H;;8*1-2H3;1H4. The molecule has 0 saturated carbocycles. The minimum Gasteiger partial charge on any atom is -0.508 e. The van der Waals surface area contributed by atoms with E-state index in [1.54, 1.807) is 104 Å². The number of esters is 1. The molecule has 0 unspecified atom stereocenters. The van der Waals surface area contributed by atoms with Crippen molar-refractivity contribution in [1.82, 2.24) is 15.0 Å². The van der Waals surface area contributed by atoms with E-state index in [0.717, 1.165) is 27.1 Å². The lowest BCUT2D eigenvalue weighted by Gasteiger charge is -2.06. The van der Waals surface area contributed by atoms with E-state index in [2.05, 4.69) is 54.1 Å². The van der Waals surface area contributed by atoms with Gasteiger partial charge in [-0.25, -0.2) is 14.6 Å². The molecule has 454 valence electrons. The van der Waals surface area contributed by atoms with Gasteiger partial charge in [0, 0.05) is 29.7 Å². The summed E-state index contributed by atoms with van der Waals surface area (Å²) in [6, 6.07) is 54.6. The third-order valence-corrected chi connectivity index (χ3v) is 8.70. The normalized spacial score (nSPS) is 8.06. The quantitative estimate of drug-likeness (QED) is 0.0251. The maximum atomic E-state index is 12.0. The number of hydrogen-bond acceptors (Lipinski definition) is 12. The Bertz CT molecular complexity index is 2690. The zero-order valence-electron chi connectivity index (χ0n) is 50.5. The molecule has 0 fully saturated rings. The van der Waals surface area contributed by atoms with Crippen molar-refractivity contribution < 1.29 is 49.3 Å². The molecule has 0 aliphatic carbocycles. The SMILES string of the molecule is Brc1ccccn1.C.CC.CC.CC.CC.CC.CC.CC.CC.O=C(Cl)C(=O)Cl.O=C(O)c1ccccc1.O=C(Oc1cccc(-c2ccccn2)c1)c1ccccc1.OB(O)c1cccc(O)c1.Oc1cccc(-c2ccccn2)c1. The third-order valence-electron chi connectivity index (χ3n) is 7.79. The first-order valence-electron chi connectivity index (χ1n) is 27.1. The van der Waals surface area contributed by atoms with E-state index in [1.807, 2.05) is 196 Å². The fourth-order valence-electron chi connectivity index (χ4n) is 4.80. The van der Waals surface area contributed by atoms with Crippen molar-refractivity contribution in [2.75, 3.05) is 0 Å². The fourth-order valence-corrected chi connectivity index (χ4v) is 5.07. The summed E-state index contributed by atoms with van der Waals surface area (Å²) >= 11 is 12.2. The van der Waals surface area contributed by atoms with Crippen LogP contribution in [-0.2, 0) is 9.59 Å². The van der Waals surface area contributed by atoms with Crippen molar-refractivity contribution in [2.24, 2.45) is 0 Å². The van der Waals surface area contributed by atoms with E-state index < -0.39 is 23.6 Å². The first-order chi connectivity index (χ1) is 39.7. The fraction of sp³-hybridized carbons (Fsp3) is 0.258. The zero-order valence-corrected chi connectivity index (χ0v) is 53.6. The van der Waals surface area contributed by atoms with Crippen LogP contribution >= 0.6 is 39.1 Å². The number of nitrogens with zero attached hydrogens (tertiary/aromatic N) is 3. The summed E-state index contributed by atoms with van der Waals surface area (Å²) in [7, 11) is -1.51. The summed E-state index contributed by atoms with van der Waals surface area (Å²) < 4.78 is 6.28. The number of rotatable bonds is 7. The largest absolute Gasteiger partial charge is 0.508 e. The van der Waals surface area contributed by atoms with E-state index in [9.17, 15) is 24.3 Å². The lowest BCUT2D eigenvalue weighted by atomic mass is 9.80. The first-order valence-corrected chi connectivity index (χ1v) is 28.7. The summed E-state index contributed by atoms with van der Waals surface area (Å²) in [5, 5.41) is 41.4. The van der Waals surface area contributed by atoms with Crippen molar-refractivity contribution in [3.05, 3.63) is 222 Å². The maximum Gasteiger partial charge on any atom is 0.488 e. The summed E-state index contributed by atoms with van der Waals surface area (Å²) in [6.45, 7) is 32.0. The number of carbonyl (C=O) groups is 4. The molecule has 0 atom stereocenters. The number of aromatic hydroxyl groups is 2. The van der Waals surface area contributed by atoms with Crippen LogP contribution in [0.3, 0.4) is 0 Å². The lowest BCUT2D eigenvalue weighted by molar-refractivity contribution is -0.127. The van der Waals surface area contributed by atoms with Crippen molar-refractivity contribution in [1.29, 1.82) is 0 Å². The minimum absolute atomic E-state index is 0. The molecule has 3 aromatic heterocycles. The zero-order chi connectivity index (χ0) is 64.1. The number of phenols is 2. The summed E-state index contributed by atoms with van der Waals surface area (Å²) in [5.74, 6) is -0.440. The highest BCUT2D eigenvalue weighted by Crippen LogP contribution is 2.23. The van der Waals surface area contributed by atoms with Gasteiger partial charge in [0.2, 0.25) is 0 Å². The smallest absolute Gasteiger partial charge is 0.488 e. The van der Waals surface area contributed by atoms with Crippen LogP contribution in [0.4, 0.5) is 0 Å². The molecule has 0 saturated heterocycles.